The maximum Gasteiger partial charge on any atom is 0.264 e. The predicted octanol–water partition coefficient (Wildman–Crippen LogP) is 9.74. The van der Waals surface area contributed by atoms with Crippen LogP contribution in [0.25, 0.3) is 33.3 Å². The first-order chi connectivity index (χ1) is 23.0. The standard InChI is InChI=1S/C28H18N4O2.C4H10O.C3H7.C2H6O.C2H5.CH4.CH3.2Co/c1-5-19-15-29-23-9-3-10-24(13-23)30-16-20-6-2-8-22-18-32(34-28(20)22)26-12-4-11-25(14-26)31-17-21(7-1)27(19)33-31;1-3-5-4-2;1-3-2;1-2-3;1-2;;;;/h1-18H;3-4H2,1-2H3;3H,1-2H3;3H,2H2,1H3;1H2,2H3;1H4;1H3;;/q+2;;+1;;-1;;-1;;. The molecule has 2 radical (unpaired) electrons. The van der Waals surface area contributed by atoms with Crippen LogP contribution < -0.4 is 9.48 Å². The third-order valence-corrected chi connectivity index (χ3v) is 6.33. The van der Waals surface area contributed by atoms with Crippen molar-refractivity contribution in [1.29, 1.82) is 0 Å². The van der Waals surface area contributed by atoms with Crippen LogP contribution in [0.5, 0.6) is 0 Å². The van der Waals surface area contributed by atoms with E-state index in [9.17, 15) is 0 Å². The van der Waals surface area contributed by atoms with Crippen LogP contribution >= 0.6 is 0 Å². The molecule has 51 heavy (non-hydrogen) atoms. The zero-order valence-electron chi connectivity index (χ0n) is 29.9. The van der Waals surface area contributed by atoms with Crippen molar-refractivity contribution in [3.05, 3.63) is 129 Å². The van der Waals surface area contributed by atoms with Crippen LogP contribution in [0.3, 0.4) is 0 Å². The Kier molecular flexibility index (Phi) is 25.7. The number of aliphatic hydroxyl groups is 1. The van der Waals surface area contributed by atoms with Crippen molar-refractivity contribution in [2.75, 3.05) is 19.8 Å². The molecule has 0 saturated carbocycles. The maximum atomic E-state index is 7.57. The van der Waals surface area contributed by atoms with E-state index in [2.05, 4.69) is 16.9 Å². The van der Waals surface area contributed by atoms with Crippen molar-refractivity contribution < 1.29 is 61.9 Å². The van der Waals surface area contributed by atoms with Gasteiger partial charge < -0.3 is 24.2 Å². The molecule has 0 spiro atoms. The van der Waals surface area contributed by atoms with Gasteiger partial charge in [0.15, 0.2) is 0 Å². The average molecular weight is 784 g/mol. The fourth-order valence-corrected chi connectivity index (χ4v) is 4.43. The topological polar surface area (TPSA) is 88.2 Å². The average Bonchev–Trinajstić information content (AvgIpc) is 3.75. The second-order valence-corrected chi connectivity index (χ2v) is 9.85. The van der Waals surface area contributed by atoms with E-state index in [1.54, 1.807) is 23.3 Å². The molecular weight excluding hydrogens is 730 g/mol. The number of nitrogens with zero attached hydrogens (tertiary/aromatic N) is 4. The van der Waals surface area contributed by atoms with Crippen molar-refractivity contribution in [2.24, 2.45) is 9.98 Å². The molecule has 0 saturated heterocycles. The normalized spacial score (nSPS) is 9.88. The number of aromatic nitrogens is 2. The fourth-order valence-electron chi connectivity index (χ4n) is 4.43. The number of fused-ring (bicyclic) bond motifs is 8. The Morgan fingerprint density at radius 1 is 0.686 bits per heavy atom. The van der Waals surface area contributed by atoms with E-state index in [1.165, 1.54) is 0 Å². The summed E-state index contributed by atoms with van der Waals surface area (Å²) in [4.78, 5) is 9.37. The van der Waals surface area contributed by atoms with Gasteiger partial charge in [-0.1, -0.05) is 25.6 Å². The number of rotatable bonds is 2. The van der Waals surface area contributed by atoms with Gasteiger partial charge in [0, 0.05) is 98.5 Å². The Labute approximate surface area is 325 Å². The van der Waals surface area contributed by atoms with E-state index >= 15 is 0 Å². The van der Waals surface area contributed by atoms with Crippen molar-refractivity contribution >= 4 is 45.7 Å². The van der Waals surface area contributed by atoms with Crippen LogP contribution in [0.4, 0.5) is 11.4 Å². The number of para-hydroxylation sites is 2. The Hall–Kier alpha value is -4.04. The van der Waals surface area contributed by atoms with Crippen molar-refractivity contribution in [1.82, 2.24) is 0 Å². The van der Waals surface area contributed by atoms with Gasteiger partial charge in [0.1, 0.15) is 0 Å². The summed E-state index contributed by atoms with van der Waals surface area (Å²) in [5.74, 6) is 0. The van der Waals surface area contributed by atoms with Crippen molar-refractivity contribution in [3.8, 4) is 11.4 Å². The van der Waals surface area contributed by atoms with Crippen molar-refractivity contribution in [2.45, 2.75) is 49.0 Å². The van der Waals surface area contributed by atoms with E-state index in [1.807, 2.05) is 144 Å². The molecule has 8 nitrogen and oxygen atoms in total. The van der Waals surface area contributed by atoms with E-state index in [-0.39, 0.29) is 55.0 Å². The number of hydrogen-bond acceptors (Lipinski definition) is 6. The minimum atomic E-state index is 0. The van der Waals surface area contributed by atoms with Gasteiger partial charge in [0.2, 0.25) is 23.6 Å². The molecule has 0 amide bonds. The molecule has 0 unspecified atom stereocenters. The summed E-state index contributed by atoms with van der Waals surface area (Å²) < 4.78 is 20.9. The van der Waals surface area contributed by atoms with Gasteiger partial charge in [-0.15, -0.1) is 0 Å². The first kappa shape index (κ1) is 49.1. The van der Waals surface area contributed by atoms with Gasteiger partial charge in [-0.05, 0) is 69.3 Å². The van der Waals surface area contributed by atoms with Crippen LogP contribution in [-0.4, -0.2) is 37.4 Å². The smallest absolute Gasteiger partial charge is 0.264 e. The number of hydrogen-bond donors (Lipinski definition) is 1. The zero-order chi connectivity index (χ0) is 34.0. The van der Waals surface area contributed by atoms with E-state index in [4.69, 9.17) is 18.9 Å². The molecule has 8 bridgehead atoms. The van der Waals surface area contributed by atoms with Gasteiger partial charge >= 0.3 is 0 Å². The van der Waals surface area contributed by atoms with Crippen LogP contribution in [0.15, 0.2) is 116 Å². The molecule has 3 heterocycles. The van der Waals surface area contributed by atoms with E-state index < -0.39 is 0 Å². The largest absolute Gasteiger partial charge is 0.397 e. The van der Waals surface area contributed by atoms with Gasteiger partial charge in [-0.2, -0.15) is 6.92 Å². The molecular formula is C41H53Co2N4O4+. The Morgan fingerprint density at radius 3 is 1.43 bits per heavy atom. The van der Waals surface area contributed by atoms with Gasteiger partial charge in [0.05, 0.1) is 48.5 Å². The van der Waals surface area contributed by atoms with Gasteiger partial charge in [0.25, 0.3) is 11.4 Å². The summed E-state index contributed by atoms with van der Waals surface area (Å²) in [5, 5.41) is 9.55. The van der Waals surface area contributed by atoms with Gasteiger partial charge in [-0.25, -0.2) is 9.05 Å². The Balaban J connectivity index is 0. The molecule has 2 aromatic heterocycles. The molecule has 278 valence electrons. The zero-order valence-corrected chi connectivity index (χ0v) is 32.0. The van der Waals surface area contributed by atoms with Crippen LogP contribution in [0.1, 0.15) is 60.1 Å². The summed E-state index contributed by atoms with van der Waals surface area (Å²) in [6.45, 7) is 16.6. The van der Waals surface area contributed by atoms with Crippen molar-refractivity contribution in [3.63, 3.8) is 0 Å². The molecule has 0 aliphatic carbocycles. The summed E-state index contributed by atoms with van der Waals surface area (Å²) in [6.07, 6.45) is 9.63. The SMILES string of the molecule is C.C1=Nc2cccc(c2)N=Cc2cccc3c[n+](oc23)-c2cccc(c2)-[n+]2cc3cccc1c3o2.CCO.CCOCC.C[CH+]C.[CH2-]C.[CH3-].[Co].[Co]. The molecule has 6 aromatic rings. The predicted molar refractivity (Wildman–Crippen MR) is 205 cm³/mol. The monoisotopic (exact) mass is 783 g/mol. The summed E-state index contributed by atoms with van der Waals surface area (Å²) in [5.41, 5.74) is 6.75. The summed E-state index contributed by atoms with van der Waals surface area (Å²) >= 11 is 0. The van der Waals surface area contributed by atoms with E-state index in [0.717, 1.165) is 69.0 Å². The third-order valence-electron chi connectivity index (χ3n) is 6.33. The molecule has 1 aliphatic heterocycles. The molecule has 0 atom stereocenters. The van der Waals surface area contributed by atoms with Crippen LogP contribution in [0, 0.1) is 20.8 Å². The second kappa shape index (κ2) is 26.7. The summed E-state index contributed by atoms with van der Waals surface area (Å²) in [6, 6.07) is 27.9. The maximum absolute atomic E-state index is 7.57. The van der Waals surface area contributed by atoms with Crippen LogP contribution in [-0.2, 0) is 38.3 Å². The molecule has 4 aromatic carbocycles. The molecule has 7 rings (SSSR count). The second-order valence-electron chi connectivity index (χ2n) is 9.85. The van der Waals surface area contributed by atoms with E-state index in [0.29, 0.717) is 0 Å². The molecule has 0 fully saturated rings. The quantitative estimate of drug-likeness (QED) is 0.140. The Morgan fingerprint density at radius 2 is 1.06 bits per heavy atom. The molecule has 10 heteroatoms. The number of benzene rings is 4. The molecule has 1 N–H and O–H groups in total. The minimum absolute atomic E-state index is 0. The summed E-state index contributed by atoms with van der Waals surface area (Å²) in [7, 11) is 0. The fraction of sp³-hybridized carbons (Fsp3) is 0.244. The number of aliphatic hydroxyl groups excluding tert-OH is 1. The van der Waals surface area contributed by atoms with Crippen LogP contribution in [0.2, 0.25) is 0 Å². The minimum Gasteiger partial charge on any atom is -0.397 e. The first-order valence-electron chi connectivity index (χ1n) is 15.9. The molecule has 1 aliphatic rings. The third kappa shape index (κ3) is 13.9. The Bertz CT molecular complexity index is 1760. The van der Waals surface area contributed by atoms with Gasteiger partial charge in [-0.3, -0.25) is 9.98 Å². The first-order valence-corrected chi connectivity index (χ1v) is 15.9. The number of aliphatic imine (C=N–C) groups is 2. The number of ether oxygens (including phenoxy) is 1.